The number of rotatable bonds is 14. The van der Waals surface area contributed by atoms with Crippen molar-refractivity contribution >= 4 is 29.7 Å². The van der Waals surface area contributed by atoms with Gasteiger partial charge in [-0.25, -0.2) is 9.78 Å². The van der Waals surface area contributed by atoms with Crippen molar-refractivity contribution in [1.82, 2.24) is 25.9 Å². The van der Waals surface area contributed by atoms with Crippen LogP contribution in [0, 0.1) is 0 Å². The molecule has 4 atom stereocenters. The monoisotopic (exact) mass is 458 g/mol. The summed E-state index contributed by atoms with van der Waals surface area (Å²) in [5.41, 5.74) is 6.34. The Labute approximate surface area is 181 Å². The number of hydrogen-bond acceptors (Lipinski definition) is 9. The second-order valence-electron chi connectivity index (χ2n) is 6.71. The number of nitrogens with one attached hydrogen (secondary N) is 4. The van der Waals surface area contributed by atoms with Crippen LogP contribution in [0.4, 0.5) is 0 Å². The highest BCUT2D eigenvalue weighted by Gasteiger charge is 2.30. The van der Waals surface area contributed by atoms with Crippen LogP contribution in [0.25, 0.3) is 0 Å². The average Bonchev–Trinajstić information content (AvgIpc) is 3.25. The number of aliphatic carboxylic acids is 2. The fourth-order valence-electron chi connectivity index (χ4n) is 2.47. The van der Waals surface area contributed by atoms with Gasteiger partial charge in [0.05, 0.1) is 25.6 Å². The Morgan fingerprint density at radius 2 is 1.50 bits per heavy atom. The lowest BCUT2D eigenvalue weighted by molar-refractivity contribution is -0.143. The maximum Gasteiger partial charge on any atom is 0.328 e. The number of carboxylic acid groups (broad SMARTS) is 2. The Balaban J connectivity index is 2.83. The Morgan fingerprint density at radius 1 is 0.938 bits per heavy atom. The van der Waals surface area contributed by atoms with Crippen LogP contribution in [0.15, 0.2) is 12.5 Å². The van der Waals surface area contributed by atoms with Gasteiger partial charge in [0, 0.05) is 24.7 Å². The standard InChI is InChI=1S/C17H26N6O9/c18-9(3-8-4-19-7-20-8)14(28)21-10(1-2-13(26)27)15(29)22-11(5-24)16(30)23-12(6-25)17(31)32/h4,7,9-12,24-25H,1-3,5-6,18H2,(H,19,20)(H,21,28)(H,22,29)(H,23,30)(H,26,27)(H,31,32). The maximum absolute atomic E-state index is 12.6. The summed E-state index contributed by atoms with van der Waals surface area (Å²) in [5, 5.41) is 42.4. The molecule has 15 heteroatoms. The van der Waals surface area contributed by atoms with Gasteiger partial charge in [-0.1, -0.05) is 0 Å². The van der Waals surface area contributed by atoms with Crippen LogP contribution in [-0.4, -0.2) is 97.4 Å². The zero-order chi connectivity index (χ0) is 24.3. The number of carbonyl (C=O) groups excluding carboxylic acids is 3. The Hall–Kier alpha value is -3.56. The molecular formula is C17H26N6O9. The molecule has 0 bridgehead atoms. The van der Waals surface area contributed by atoms with E-state index in [0.717, 1.165) is 0 Å². The van der Waals surface area contributed by atoms with Crippen molar-refractivity contribution in [3.8, 4) is 0 Å². The van der Waals surface area contributed by atoms with E-state index >= 15 is 0 Å². The Morgan fingerprint density at radius 3 is 2.00 bits per heavy atom. The molecule has 0 aliphatic rings. The number of aromatic nitrogens is 2. The van der Waals surface area contributed by atoms with Crippen molar-refractivity contribution in [2.45, 2.75) is 43.4 Å². The minimum Gasteiger partial charge on any atom is -0.481 e. The van der Waals surface area contributed by atoms with Crippen molar-refractivity contribution in [2.24, 2.45) is 5.73 Å². The molecule has 1 aromatic heterocycles. The van der Waals surface area contributed by atoms with Gasteiger partial charge in [-0.15, -0.1) is 0 Å². The highest BCUT2D eigenvalue weighted by Crippen LogP contribution is 2.02. The van der Waals surface area contributed by atoms with Crippen LogP contribution in [0.5, 0.6) is 0 Å². The zero-order valence-corrected chi connectivity index (χ0v) is 16.9. The minimum atomic E-state index is -1.67. The number of aliphatic hydroxyl groups excluding tert-OH is 2. The van der Waals surface area contributed by atoms with E-state index in [1.54, 1.807) is 0 Å². The summed E-state index contributed by atoms with van der Waals surface area (Å²) in [4.78, 5) is 65.4. The number of aliphatic hydroxyl groups is 2. The molecule has 4 unspecified atom stereocenters. The van der Waals surface area contributed by atoms with E-state index in [0.29, 0.717) is 5.69 Å². The minimum absolute atomic E-state index is 0.0541. The first-order chi connectivity index (χ1) is 15.1. The van der Waals surface area contributed by atoms with E-state index in [1.165, 1.54) is 12.5 Å². The van der Waals surface area contributed by atoms with Gasteiger partial charge in [-0.3, -0.25) is 19.2 Å². The summed E-state index contributed by atoms with van der Waals surface area (Å²) < 4.78 is 0. The van der Waals surface area contributed by atoms with Crippen molar-refractivity contribution in [2.75, 3.05) is 13.2 Å². The van der Waals surface area contributed by atoms with E-state index in [4.69, 9.17) is 21.1 Å². The van der Waals surface area contributed by atoms with Crippen LogP contribution in [-0.2, 0) is 30.4 Å². The number of H-pyrrole nitrogens is 1. The van der Waals surface area contributed by atoms with Gasteiger partial charge in [0.1, 0.15) is 18.1 Å². The lowest BCUT2D eigenvalue weighted by Gasteiger charge is -2.23. The quantitative estimate of drug-likeness (QED) is 0.129. The molecule has 0 aromatic carbocycles. The molecule has 0 saturated heterocycles. The molecule has 1 rings (SSSR count). The predicted octanol–water partition coefficient (Wildman–Crippen LogP) is -4.33. The van der Waals surface area contributed by atoms with Gasteiger partial charge in [0.25, 0.3) is 0 Å². The van der Waals surface area contributed by atoms with Gasteiger partial charge in [0.15, 0.2) is 0 Å². The lowest BCUT2D eigenvalue weighted by Crippen LogP contribution is -2.58. The van der Waals surface area contributed by atoms with Crippen molar-refractivity contribution < 1.29 is 44.4 Å². The first-order valence-corrected chi connectivity index (χ1v) is 9.39. The van der Waals surface area contributed by atoms with Crippen LogP contribution in [0.2, 0.25) is 0 Å². The summed E-state index contributed by atoms with van der Waals surface area (Å²) in [6.07, 6.45) is 2.03. The van der Waals surface area contributed by atoms with E-state index in [1.807, 2.05) is 5.32 Å². The second-order valence-corrected chi connectivity index (χ2v) is 6.71. The lowest BCUT2D eigenvalue weighted by atomic mass is 10.1. The smallest absolute Gasteiger partial charge is 0.328 e. The van der Waals surface area contributed by atoms with Gasteiger partial charge >= 0.3 is 11.9 Å². The van der Waals surface area contributed by atoms with Gasteiger partial charge in [0.2, 0.25) is 17.7 Å². The fourth-order valence-corrected chi connectivity index (χ4v) is 2.47. The SMILES string of the molecule is NC(Cc1cnc[nH]1)C(=O)NC(CCC(=O)O)C(=O)NC(CO)C(=O)NC(CO)C(=O)O. The molecule has 10 N–H and O–H groups in total. The van der Waals surface area contributed by atoms with Crippen LogP contribution in [0.3, 0.4) is 0 Å². The van der Waals surface area contributed by atoms with Crippen molar-refractivity contribution in [3.05, 3.63) is 18.2 Å². The number of imidazole rings is 1. The van der Waals surface area contributed by atoms with E-state index in [2.05, 4.69) is 20.6 Å². The van der Waals surface area contributed by atoms with Gasteiger partial charge in [-0.05, 0) is 6.42 Å². The predicted molar refractivity (Wildman–Crippen MR) is 105 cm³/mol. The molecule has 0 spiro atoms. The molecule has 0 fully saturated rings. The summed E-state index contributed by atoms with van der Waals surface area (Å²) in [5.74, 6) is -5.68. The number of carbonyl (C=O) groups is 5. The molecule has 0 radical (unpaired) electrons. The van der Waals surface area contributed by atoms with E-state index in [-0.39, 0.29) is 12.8 Å². The summed E-state index contributed by atoms with van der Waals surface area (Å²) in [7, 11) is 0. The Bertz CT molecular complexity index is 800. The largest absolute Gasteiger partial charge is 0.481 e. The van der Waals surface area contributed by atoms with E-state index < -0.39 is 73.5 Å². The molecule has 178 valence electrons. The first kappa shape index (κ1) is 26.5. The molecule has 32 heavy (non-hydrogen) atoms. The molecule has 3 amide bonds. The number of carboxylic acids is 2. The van der Waals surface area contributed by atoms with Crippen LogP contribution < -0.4 is 21.7 Å². The summed E-state index contributed by atoms with van der Waals surface area (Å²) >= 11 is 0. The normalized spacial score (nSPS) is 14.5. The average molecular weight is 458 g/mol. The molecule has 15 nitrogen and oxygen atoms in total. The first-order valence-electron chi connectivity index (χ1n) is 9.39. The topological polar surface area (TPSA) is 257 Å². The third kappa shape index (κ3) is 8.66. The summed E-state index contributed by atoms with van der Waals surface area (Å²) in [6.45, 7) is -1.87. The highest BCUT2D eigenvalue weighted by atomic mass is 16.4. The number of hydrogen-bond donors (Lipinski definition) is 9. The van der Waals surface area contributed by atoms with Crippen LogP contribution in [0.1, 0.15) is 18.5 Å². The number of amides is 3. The number of nitrogens with two attached hydrogens (primary N) is 1. The number of aromatic amines is 1. The zero-order valence-electron chi connectivity index (χ0n) is 16.9. The summed E-state index contributed by atoms with van der Waals surface area (Å²) in [6, 6.07) is -5.81. The third-order valence-corrected chi connectivity index (χ3v) is 4.22. The fraction of sp³-hybridized carbons (Fsp3) is 0.529. The molecule has 0 saturated carbocycles. The van der Waals surface area contributed by atoms with Gasteiger partial charge in [-0.2, -0.15) is 0 Å². The van der Waals surface area contributed by atoms with Crippen molar-refractivity contribution in [3.63, 3.8) is 0 Å². The van der Waals surface area contributed by atoms with Crippen LogP contribution >= 0.6 is 0 Å². The molecule has 0 aliphatic heterocycles. The maximum atomic E-state index is 12.6. The van der Waals surface area contributed by atoms with Crippen molar-refractivity contribution in [1.29, 1.82) is 0 Å². The van der Waals surface area contributed by atoms with Gasteiger partial charge < -0.3 is 47.1 Å². The third-order valence-electron chi connectivity index (χ3n) is 4.22. The highest BCUT2D eigenvalue weighted by molar-refractivity contribution is 5.94. The second kappa shape index (κ2) is 13.0. The molecule has 1 aromatic rings. The molecular weight excluding hydrogens is 432 g/mol. The molecule has 1 heterocycles. The Kier molecular flexibility index (Phi) is 10.7. The molecule has 0 aliphatic carbocycles. The van der Waals surface area contributed by atoms with E-state index in [9.17, 15) is 29.1 Å². The number of nitrogens with zero attached hydrogens (tertiary/aromatic N) is 1.